The fraction of sp³-hybridized carbons (Fsp3) is 0.727. The first-order valence-electron chi connectivity index (χ1n) is 5.84. The van der Waals surface area contributed by atoms with Crippen molar-refractivity contribution in [1.29, 1.82) is 0 Å². The van der Waals surface area contributed by atoms with Gasteiger partial charge in [0.25, 0.3) is 0 Å². The largest absolute Gasteiger partial charge is 0.467 e. The zero-order chi connectivity index (χ0) is 15.6. The van der Waals surface area contributed by atoms with Crippen LogP contribution in [0.5, 0.6) is 0 Å². The summed E-state index contributed by atoms with van der Waals surface area (Å²) in [5.74, 6) is -1.66. The Kier molecular flexibility index (Phi) is 4.86. The molecule has 1 rings (SSSR count). The van der Waals surface area contributed by atoms with Crippen LogP contribution in [0.4, 0.5) is 13.2 Å². The first-order chi connectivity index (χ1) is 9.02. The Balaban J connectivity index is 3.28. The molecule has 0 aromatic rings. The van der Waals surface area contributed by atoms with Crippen LogP contribution in [0.3, 0.4) is 0 Å². The summed E-state index contributed by atoms with van der Waals surface area (Å²) in [5, 5.41) is 0. The molecule has 1 aliphatic rings. The van der Waals surface area contributed by atoms with E-state index < -0.39 is 34.1 Å². The number of esters is 1. The maximum absolute atomic E-state index is 13.3. The first-order valence-corrected chi connectivity index (χ1v) is 7.73. The minimum atomic E-state index is -5.10. The van der Waals surface area contributed by atoms with E-state index in [-0.39, 0.29) is 0 Å². The molecule has 1 atom stereocenters. The van der Waals surface area contributed by atoms with Gasteiger partial charge in [-0.25, -0.2) is 13.2 Å². The number of nitrogens with one attached hydrogen (secondary N) is 1. The Hall–Kier alpha value is -1.09. The molecule has 1 unspecified atom stereocenters. The van der Waals surface area contributed by atoms with Gasteiger partial charge >= 0.3 is 12.1 Å². The van der Waals surface area contributed by atoms with Gasteiger partial charge in [-0.1, -0.05) is 11.6 Å². The highest BCUT2D eigenvalue weighted by Crippen LogP contribution is 2.39. The number of hydrogen-bond acceptors (Lipinski definition) is 4. The lowest BCUT2D eigenvalue weighted by Crippen LogP contribution is -2.64. The Bertz CT molecular complexity index is 512. The summed E-state index contributed by atoms with van der Waals surface area (Å²) >= 11 is 0. The third-order valence-electron chi connectivity index (χ3n) is 3.00. The van der Waals surface area contributed by atoms with E-state index in [1.807, 2.05) is 0 Å². The quantitative estimate of drug-likeness (QED) is 0.616. The standard InChI is InChI=1S/C11H16F3NO4S/c1-19-9(16)10(11(12,13)14,15-20(2,17)18)7-8-5-3-4-6-8/h5,15H,3-4,6-7H2,1-2H3. The van der Waals surface area contributed by atoms with Crippen molar-refractivity contribution in [2.45, 2.75) is 37.4 Å². The summed E-state index contributed by atoms with van der Waals surface area (Å²) in [6.45, 7) is 0. The molecule has 0 amide bonds. The highest BCUT2D eigenvalue weighted by atomic mass is 32.2. The summed E-state index contributed by atoms with van der Waals surface area (Å²) in [4.78, 5) is 11.6. The van der Waals surface area contributed by atoms with Crippen LogP contribution in [0.15, 0.2) is 11.6 Å². The molecule has 0 spiro atoms. The first kappa shape index (κ1) is 17.0. The van der Waals surface area contributed by atoms with Crippen molar-refractivity contribution in [3.8, 4) is 0 Å². The smallest absolute Gasteiger partial charge is 0.418 e. The molecule has 0 aromatic heterocycles. The summed E-state index contributed by atoms with van der Waals surface area (Å²) in [5.41, 5.74) is -2.88. The number of methoxy groups -OCH3 is 1. The van der Waals surface area contributed by atoms with Crippen LogP contribution >= 0.6 is 0 Å². The molecule has 0 bridgehead atoms. The summed E-state index contributed by atoms with van der Waals surface area (Å²) < 4.78 is 68.1. The van der Waals surface area contributed by atoms with Gasteiger partial charge in [0.1, 0.15) is 0 Å². The summed E-state index contributed by atoms with van der Waals surface area (Å²) in [7, 11) is -3.47. The number of ether oxygens (including phenoxy) is 1. The van der Waals surface area contributed by atoms with Crippen LogP contribution in [0.1, 0.15) is 25.7 Å². The number of carbonyl (C=O) groups is 1. The molecule has 0 saturated carbocycles. The maximum Gasteiger partial charge on any atom is 0.418 e. The predicted molar refractivity (Wildman–Crippen MR) is 65.3 cm³/mol. The van der Waals surface area contributed by atoms with E-state index in [1.165, 1.54) is 4.72 Å². The second-order valence-electron chi connectivity index (χ2n) is 4.70. The number of alkyl halides is 3. The fourth-order valence-corrected chi connectivity index (χ4v) is 3.06. The van der Waals surface area contributed by atoms with Crippen LogP contribution in [0, 0.1) is 0 Å². The van der Waals surface area contributed by atoms with Gasteiger partial charge < -0.3 is 4.74 Å². The fourth-order valence-electron chi connectivity index (χ4n) is 2.15. The molecule has 20 heavy (non-hydrogen) atoms. The zero-order valence-corrected chi connectivity index (χ0v) is 11.9. The second-order valence-corrected chi connectivity index (χ2v) is 6.45. The molecule has 9 heteroatoms. The van der Waals surface area contributed by atoms with Crippen molar-refractivity contribution in [3.05, 3.63) is 11.6 Å². The van der Waals surface area contributed by atoms with Gasteiger partial charge in [0, 0.05) is 6.42 Å². The van der Waals surface area contributed by atoms with Gasteiger partial charge in [-0.15, -0.1) is 0 Å². The average molecular weight is 315 g/mol. The Morgan fingerprint density at radius 3 is 2.40 bits per heavy atom. The molecule has 5 nitrogen and oxygen atoms in total. The molecule has 0 heterocycles. The van der Waals surface area contributed by atoms with Gasteiger partial charge in [-0.05, 0) is 19.3 Å². The summed E-state index contributed by atoms with van der Waals surface area (Å²) in [6.07, 6.45) is -2.01. The highest BCUT2D eigenvalue weighted by molar-refractivity contribution is 7.88. The van der Waals surface area contributed by atoms with E-state index >= 15 is 0 Å². The Morgan fingerprint density at radius 2 is 2.05 bits per heavy atom. The lowest BCUT2D eigenvalue weighted by Gasteiger charge is -2.33. The monoisotopic (exact) mass is 315 g/mol. The number of carbonyl (C=O) groups excluding carboxylic acids is 1. The van der Waals surface area contributed by atoms with Gasteiger partial charge in [0.05, 0.1) is 13.4 Å². The van der Waals surface area contributed by atoms with Gasteiger partial charge in [0.2, 0.25) is 15.6 Å². The van der Waals surface area contributed by atoms with Crippen molar-refractivity contribution in [2.24, 2.45) is 0 Å². The molecule has 1 N–H and O–H groups in total. The topological polar surface area (TPSA) is 72.5 Å². The molecule has 0 aromatic carbocycles. The van der Waals surface area contributed by atoms with Gasteiger partial charge in [-0.2, -0.15) is 17.9 Å². The molecular formula is C11H16F3NO4S. The maximum atomic E-state index is 13.3. The number of rotatable bonds is 5. The molecule has 0 fully saturated rings. The van der Waals surface area contributed by atoms with Crippen molar-refractivity contribution in [1.82, 2.24) is 4.72 Å². The Morgan fingerprint density at radius 1 is 1.45 bits per heavy atom. The third-order valence-corrected chi connectivity index (χ3v) is 3.72. The minimum Gasteiger partial charge on any atom is -0.467 e. The Labute approximate surface area is 115 Å². The molecule has 0 saturated heterocycles. The minimum absolute atomic E-state index is 0.392. The van der Waals surface area contributed by atoms with E-state index in [1.54, 1.807) is 6.08 Å². The lowest BCUT2D eigenvalue weighted by molar-refractivity contribution is -0.207. The number of allylic oxidation sites excluding steroid dienone is 1. The normalized spacial score (nSPS) is 19.4. The van der Waals surface area contributed by atoms with E-state index in [2.05, 4.69) is 4.74 Å². The lowest BCUT2D eigenvalue weighted by atomic mass is 9.90. The second kappa shape index (κ2) is 5.72. The number of halogens is 3. The number of sulfonamides is 1. The molecule has 0 aliphatic heterocycles. The van der Waals surface area contributed by atoms with Crippen molar-refractivity contribution >= 4 is 16.0 Å². The van der Waals surface area contributed by atoms with Gasteiger partial charge in [0.15, 0.2) is 0 Å². The van der Waals surface area contributed by atoms with E-state index in [0.717, 1.165) is 7.11 Å². The van der Waals surface area contributed by atoms with Crippen molar-refractivity contribution in [2.75, 3.05) is 13.4 Å². The molecular weight excluding hydrogens is 299 g/mol. The van der Waals surface area contributed by atoms with E-state index in [0.29, 0.717) is 31.1 Å². The van der Waals surface area contributed by atoms with Crippen molar-refractivity contribution in [3.63, 3.8) is 0 Å². The van der Waals surface area contributed by atoms with Crippen LogP contribution < -0.4 is 4.72 Å². The van der Waals surface area contributed by atoms with Crippen LogP contribution in [0.2, 0.25) is 0 Å². The predicted octanol–water partition coefficient (Wildman–Crippen LogP) is 1.51. The molecule has 116 valence electrons. The number of hydrogen-bond donors (Lipinski definition) is 1. The summed E-state index contributed by atoms with van der Waals surface area (Å²) in [6, 6.07) is 0. The van der Waals surface area contributed by atoms with E-state index in [9.17, 15) is 26.4 Å². The van der Waals surface area contributed by atoms with Gasteiger partial charge in [-0.3, -0.25) is 0 Å². The average Bonchev–Trinajstić information content (AvgIpc) is 2.76. The zero-order valence-electron chi connectivity index (χ0n) is 11.1. The van der Waals surface area contributed by atoms with Crippen LogP contribution in [-0.2, 0) is 19.6 Å². The molecule has 0 radical (unpaired) electrons. The van der Waals surface area contributed by atoms with E-state index in [4.69, 9.17) is 0 Å². The SMILES string of the molecule is COC(=O)C(CC1=CCCC1)(NS(C)(=O)=O)C(F)(F)F. The van der Waals surface area contributed by atoms with Crippen LogP contribution in [-0.4, -0.2) is 39.5 Å². The third kappa shape index (κ3) is 3.72. The van der Waals surface area contributed by atoms with Crippen LogP contribution in [0.25, 0.3) is 0 Å². The highest BCUT2D eigenvalue weighted by Gasteiger charge is 2.63. The van der Waals surface area contributed by atoms with Crippen molar-refractivity contribution < 1.29 is 31.1 Å². The molecule has 1 aliphatic carbocycles.